The SMILES string of the molecule is Cc1cc(N(C(=O)OC(C)(C)C)c2cc(C)n(C(=O)OC(C)(C)C)n2)nc(Cl)n1. The summed E-state index contributed by atoms with van der Waals surface area (Å²) in [5.41, 5.74) is -0.432. The molecule has 0 unspecified atom stereocenters. The zero-order valence-corrected chi connectivity index (χ0v) is 18.7. The quantitative estimate of drug-likeness (QED) is 0.639. The number of nitrogens with zero attached hydrogens (tertiary/aromatic N) is 5. The summed E-state index contributed by atoms with van der Waals surface area (Å²) in [5.74, 6) is 0.308. The minimum absolute atomic E-state index is 0.0307. The van der Waals surface area contributed by atoms with Crippen molar-refractivity contribution in [1.29, 1.82) is 0 Å². The van der Waals surface area contributed by atoms with Gasteiger partial charge in [0.25, 0.3) is 0 Å². The van der Waals surface area contributed by atoms with Crippen molar-refractivity contribution < 1.29 is 19.1 Å². The molecule has 2 rings (SSSR count). The number of hydrogen-bond donors (Lipinski definition) is 0. The summed E-state index contributed by atoms with van der Waals surface area (Å²) >= 11 is 5.98. The summed E-state index contributed by atoms with van der Waals surface area (Å²) in [5, 5.41) is 4.21. The van der Waals surface area contributed by atoms with Gasteiger partial charge in [-0.05, 0) is 67.0 Å². The molecule has 0 N–H and O–H groups in total. The summed E-state index contributed by atoms with van der Waals surface area (Å²) in [6.07, 6.45) is -1.39. The highest BCUT2D eigenvalue weighted by molar-refractivity contribution is 6.28. The maximum atomic E-state index is 12.9. The highest BCUT2D eigenvalue weighted by Crippen LogP contribution is 2.27. The minimum Gasteiger partial charge on any atom is -0.443 e. The Morgan fingerprint density at radius 1 is 0.966 bits per heavy atom. The van der Waals surface area contributed by atoms with Gasteiger partial charge in [0.05, 0.1) is 5.69 Å². The number of carbonyl (C=O) groups excluding carboxylic acids is 2. The number of rotatable bonds is 2. The van der Waals surface area contributed by atoms with Crippen molar-refractivity contribution >= 4 is 35.4 Å². The number of carbonyl (C=O) groups is 2. The fraction of sp³-hybridized carbons (Fsp3) is 0.526. The van der Waals surface area contributed by atoms with Crippen molar-refractivity contribution in [3.8, 4) is 0 Å². The second kappa shape index (κ2) is 7.98. The van der Waals surface area contributed by atoms with Crippen molar-refractivity contribution in [2.75, 3.05) is 4.90 Å². The van der Waals surface area contributed by atoms with Gasteiger partial charge in [0.2, 0.25) is 5.28 Å². The topological polar surface area (TPSA) is 99.4 Å². The van der Waals surface area contributed by atoms with Gasteiger partial charge in [-0.3, -0.25) is 0 Å². The van der Waals surface area contributed by atoms with E-state index in [1.165, 1.54) is 0 Å². The molecule has 0 fully saturated rings. The van der Waals surface area contributed by atoms with Gasteiger partial charge in [0.1, 0.15) is 17.0 Å². The van der Waals surface area contributed by atoms with Crippen molar-refractivity contribution in [3.05, 3.63) is 28.8 Å². The molecule has 0 radical (unpaired) electrons. The molecule has 9 nitrogen and oxygen atoms in total. The first-order valence-electron chi connectivity index (χ1n) is 9.00. The van der Waals surface area contributed by atoms with Crippen molar-refractivity contribution in [3.63, 3.8) is 0 Å². The lowest BCUT2D eigenvalue weighted by molar-refractivity contribution is 0.0506. The van der Waals surface area contributed by atoms with Crippen molar-refractivity contribution in [2.45, 2.75) is 66.6 Å². The van der Waals surface area contributed by atoms with Gasteiger partial charge in [-0.25, -0.2) is 19.5 Å². The summed E-state index contributed by atoms with van der Waals surface area (Å²) in [4.78, 5) is 34.7. The van der Waals surface area contributed by atoms with Crippen LogP contribution in [-0.4, -0.2) is 43.1 Å². The molecule has 158 valence electrons. The lowest BCUT2D eigenvalue weighted by Crippen LogP contribution is -2.35. The second-order valence-electron chi connectivity index (χ2n) is 8.49. The molecule has 0 aliphatic carbocycles. The van der Waals surface area contributed by atoms with Crippen LogP contribution in [0.4, 0.5) is 21.2 Å². The molecule has 0 aliphatic heterocycles. The Hall–Kier alpha value is -2.68. The van der Waals surface area contributed by atoms with Gasteiger partial charge in [-0.1, -0.05) is 0 Å². The molecule has 0 saturated heterocycles. The van der Waals surface area contributed by atoms with Gasteiger partial charge in [0.15, 0.2) is 5.82 Å². The summed E-state index contributed by atoms with van der Waals surface area (Å²) in [6, 6.07) is 3.12. The molecule has 1 amide bonds. The highest BCUT2D eigenvalue weighted by Gasteiger charge is 2.30. The molecule has 0 atom stereocenters. The zero-order valence-electron chi connectivity index (χ0n) is 17.9. The van der Waals surface area contributed by atoms with Gasteiger partial charge in [0, 0.05) is 17.8 Å². The number of anilines is 2. The van der Waals surface area contributed by atoms with Gasteiger partial charge in [-0.2, -0.15) is 9.67 Å². The lowest BCUT2D eigenvalue weighted by atomic mass is 10.2. The molecule has 0 bridgehead atoms. The highest BCUT2D eigenvalue weighted by atomic mass is 35.5. The third-order valence-corrected chi connectivity index (χ3v) is 3.46. The second-order valence-corrected chi connectivity index (χ2v) is 8.83. The van der Waals surface area contributed by atoms with E-state index in [1.807, 2.05) is 0 Å². The van der Waals surface area contributed by atoms with Crippen molar-refractivity contribution in [1.82, 2.24) is 19.7 Å². The monoisotopic (exact) mass is 423 g/mol. The van der Waals surface area contributed by atoms with E-state index in [9.17, 15) is 9.59 Å². The lowest BCUT2D eigenvalue weighted by Gasteiger charge is -2.25. The van der Waals surface area contributed by atoms with Gasteiger partial charge in [-0.15, -0.1) is 5.10 Å². The first-order valence-corrected chi connectivity index (χ1v) is 9.38. The molecule has 2 aromatic heterocycles. The Bertz CT molecular complexity index is 907. The Morgan fingerprint density at radius 2 is 1.55 bits per heavy atom. The predicted octanol–water partition coefficient (Wildman–Crippen LogP) is 4.80. The maximum absolute atomic E-state index is 12.9. The largest absolute Gasteiger partial charge is 0.443 e. The maximum Gasteiger partial charge on any atom is 0.435 e. The zero-order chi connectivity index (χ0) is 22.1. The summed E-state index contributed by atoms with van der Waals surface area (Å²) in [7, 11) is 0. The average molecular weight is 424 g/mol. The molecule has 0 aromatic carbocycles. The third kappa shape index (κ3) is 6.15. The number of aromatic nitrogens is 4. The normalized spacial score (nSPS) is 11.9. The van der Waals surface area contributed by atoms with E-state index >= 15 is 0 Å². The van der Waals surface area contributed by atoms with Crippen LogP contribution in [-0.2, 0) is 9.47 Å². The van der Waals surface area contributed by atoms with E-state index in [-0.39, 0.29) is 16.9 Å². The first-order chi connectivity index (χ1) is 13.2. The van der Waals surface area contributed by atoms with Crippen LogP contribution in [0.2, 0.25) is 5.28 Å². The average Bonchev–Trinajstić information content (AvgIpc) is 2.84. The first kappa shape index (κ1) is 22.6. The number of halogens is 1. The smallest absolute Gasteiger partial charge is 0.435 e. The van der Waals surface area contributed by atoms with Crippen LogP contribution in [0.1, 0.15) is 52.9 Å². The molecule has 2 aromatic rings. The Balaban J connectivity index is 2.53. The summed E-state index contributed by atoms with van der Waals surface area (Å²) in [6.45, 7) is 13.9. The summed E-state index contributed by atoms with van der Waals surface area (Å²) < 4.78 is 11.9. The molecule has 2 heterocycles. The molecular formula is C19H26ClN5O4. The Labute approximate surface area is 175 Å². The predicted molar refractivity (Wildman–Crippen MR) is 109 cm³/mol. The molecular weight excluding hydrogens is 398 g/mol. The van der Waals surface area contributed by atoms with E-state index < -0.39 is 23.4 Å². The van der Waals surface area contributed by atoms with Crippen LogP contribution in [0.25, 0.3) is 0 Å². The van der Waals surface area contributed by atoms with E-state index in [1.54, 1.807) is 67.5 Å². The number of amides is 1. The number of ether oxygens (including phenoxy) is 2. The number of aryl methyl sites for hydroxylation is 2. The minimum atomic E-state index is -0.760. The van der Waals surface area contributed by atoms with Crippen LogP contribution < -0.4 is 4.90 Å². The van der Waals surface area contributed by atoms with Crippen LogP contribution in [0.15, 0.2) is 12.1 Å². The Kier molecular flexibility index (Phi) is 6.22. The van der Waals surface area contributed by atoms with Crippen LogP contribution in [0.3, 0.4) is 0 Å². The fourth-order valence-electron chi connectivity index (χ4n) is 2.30. The van der Waals surface area contributed by atoms with Crippen LogP contribution in [0, 0.1) is 13.8 Å². The molecule has 0 saturated carbocycles. The third-order valence-electron chi connectivity index (χ3n) is 3.29. The fourth-order valence-corrected chi connectivity index (χ4v) is 2.52. The van der Waals surface area contributed by atoms with Crippen molar-refractivity contribution in [2.24, 2.45) is 0 Å². The molecule has 10 heteroatoms. The standard InChI is InChI=1S/C19H26ClN5O4/c1-11-9-13(22-15(20)21-11)24(16(26)28-18(3,4)5)14-10-12(2)25(23-14)17(27)29-19(6,7)8/h9-10H,1-8H3. The molecule has 0 spiro atoms. The van der Waals surface area contributed by atoms with E-state index in [0.717, 1.165) is 9.58 Å². The number of hydrogen-bond acceptors (Lipinski definition) is 7. The van der Waals surface area contributed by atoms with E-state index in [4.69, 9.17) is 21.1 Å². The van der Waals surface area contributed by atoms with Gasteiger partial charge < -0.3 is 9.47 Å². The molecule has 29 heavy (non-hydrogen) atoms. The van der Waals surface area contributed by atoms with Crippen LogP contribution in [0.5, 0.6) is 0 Å². The Morgan fingerprint density at radius 3 is 2.07 bits per heavy atom. The van der Waals surface area contributed by atoms with Crippen LogP contribution >= 0.6 is 11.6 Å². The van der Waals surface area contributed by atoms with E-state index in [0.29, 0.717) is 11.4 Å². The van der Waals surface area contributed by atoms with E-state index in [2.05, 4.69) is 15.1 Å². The molecule has 0 aliphatic rings. The van der Waals surface area contributed by atoms with Gasteiger partial charge >= 0.3 is 12.2 Å².